The number of hydrogen-bond donors (Lipinski definition) is 2. The molecular formula is C13H11ClN6O2. The van der Waals surface area contributed by atoms with Gasteiger partial charge in [-0.05, 0) is 24.3 Å². The van der Waals surface area contributed by atoms with Crippen LogP contribution in [0.2, 0.25) is 5.02 Å². The summed E-state index contributed by atoms with van der Waals surface area (Å²) in [5.41, 5.74) is 0.797. The molecule has 8 nitrogen and oxygen atoms in total. The summed E-state index contributed by atoms with van der Waals surface area (Å²) in [7, 11) is 0. The van der Waals surface area contributed by atoms with Crippen molar-refractivity contribution in [3.05, 3.63) is 41.5 Å². The van der Waals surface area contributed by atoms with Crippen LogP contribution in [0.5, 0.6) is 0 Å². The molecule has 2 heterocycles. The molecule has 22 heavy (non-hydrogen) atoms. The summed E-state index contributed by atoms with van der Waals surface area (Å²) in [6.07, 6.45) is 1.84. The molecule has 0 aliphatic heterocycles. The molecule has 0 aliphatic rings. The highest BCUT2D eigenvalue weighted by molar-refractivity contribution is 6.30. The molecule has 3 aromatic rings. The van der Waals surface area contributed by atoms with E-state index in [1.165, 1.54) is 6.33 Å². The monoisotopic (exact) mass is 318 g/mol. The molecule has 0 spiro atoms. The first-order valence-corrected chi connectivity index (χ1v) is 6.82. The molecule has 0 aliphatic carbocycles. The molecule has 0 saturated carbocycles. The Labute approximate surface area is 129 Å². The maximum absolute atomic E-state index is 11.7. The van der Waals surface area contributed by atoms with Crippen molar-refractivity contribution in [3.63, 3.8) is 0 Å². The van der Waals surface area contributed by atoms with E-state index in [1.54, 1.807) is 24.3 Å². The summed E-state index contributed by atoms with van der Waals surface area (Å²) in [6.45, 7) is 0. The fourth-order valence-electron chi connectivity index (χ4n) is 1.75. The van der Waals surface area contributed by atoms with E-state index in [-0.39, 0.29) is 12.3 Å². The fourth-order valence-corrected chi connectivity index (χ4v) is 1.88. The number of halogens is 1. The normalized spacial score (nSPS) is 10.6. The van der Waals surface area contributed by atoms with Crippen molar-refractivity contribution in [1.82, 2.24) is 25.3 Å². The third-order valence-electron chi connectivity index (χ3n) is 2.81. The van der Waals surface area contributed by atoms with E-state index in [2.05, 4.69) is 30.6 Å². The molecule has 0 atom stereocenters. The Morgan fingerprint density at radius 2 is 2.14 bits per heavy atom. The number of rotatable bonds is 5. The highest BCUT2D eigenvalue weighted by Gasteiger charge is 2.11. The second-order valence-electron chi connectivity index (χ2n) is 4.40. The SMILES string of the molecule is O=C(CCc1nc(-c2ccc(Cl)cc2)no1)Nc1ncn[nH]1. The van der Waals surface area contributed by atoms with Crippen LogP contribution in [0.25, 0.3) is 11.4 Å². The van der Waals surface area contributed by atoms with Crippen molar-refractivity contribution in [2.45, 2.75) is 12.8 Å². The smallest absolute Gasteiger partial charge is 0.227 e. The first-order valence-electron chi connectivity index (χ1n) is 6.44. The van der Waals surface area contributed by atoms with Gasteiger partial charge in [0.25, 0.3) is 0 Å². The van der Waals surface area contributed by atoms with Gasteiger partial charge in [0.05, 0.1) is 0 Å². The average molecular weight is 319 g/mol. The summed E-state index contributed by atoms with van der Waals surface area (Å²) in [6, 6.07) is 7.09. The van der Waals surface area contributed by atoms with E-state index in [1.807, 2.05) is 0 Å². The number of aromatic amines is 1. The summed E-state index contributed by atoms with van der Waals surface area (Å²) < 4.78 is 5.13. The third-order valence-corrected chi connectivity index (χ3v) is 3.06. The molecule has 3 rings (SSSR count). The lowest BCUT2D eigenvalue weighted by Crippen LogP contribution is -2.13. The van der Waals surface area contributed by atoms with Gasteiger partial charge < -0.3 is 4.52 Å². The van der Waals surface area contributed by atoms with Gasteiger partial charge in [0.15, 0.2) is 0 Å². The second kappa shape index (κ2) is 6.35. The lowest BCUT2D eigenvalue weighted by atomic mass is 10.2. The number of carbonyl (C=O) groups is 1. The van der Waals surface area contributed by atoms with Gasteiger partial charge in [-0.2, -0.15) is 15.1 Å². The van der Waals surface area contributed by atoms with Crippen LogP contribution >= 0.6 is 11.6 Å². The second-order valence-corrected chi connectivity index (χ2v) is 4.84. The van der Waals surface area contributed by atoms with Crippen molar-refractivity contribution in [1.29, 1.82) is 0 Å². The minimum Gasteiger partial charge on any atom is -0.339 e. The molecule has 2 N–H and O–H groups in total. The predicted octanol–water partition coefficient (Wildman–Crippen LogP) is 2.08. The zero-order valence-electron chi connectivity index (χ0n) is 11.3. The lowest BCUT2D eigenvalue weighted by molar-refractivity contribution is -0.116. The first kappa shape index (κ1) is 14.2. The van der Waals surface area contributed by atoms with Crippen LogP contribution in [0.1, 0.15) is 12.3 Å². The molecular weight excluding hydrogens is 308 g/mol. The van der Waals surface area contributed by atoms with Crippen LogP contribution < -0.4 is 5.32 Å². The quantitative estimate of drug-likeness (QED) is 0.745. The van der Waals surface area contributed by atoms with E-state index in [0.29, 0.717) is 29.1 Å². The fraction of sp³-hybridized carbons (Fsp3) is 0.154. The minimum atomic E-state index is -0.219. The molecule has 9 heteroatoms. The van der Waals surface area contributed by atoms with Crippen LogP contribution in [0.4, 0.5) is 5.95 Å². The van der Waals surface area contributed by atoms with Crippen LogP contribution in [0.15, 0.2) is 35.1 Å². The number of anilines is 1. The zero-order chi connectivity index (χ0) is 15.4. The Kier molecular flexibility index (Phi) is 4.10. The van der Waals surface area contributed by atoms with Gasteiger partial charge >= 0.3 is 0 Å². The van der Waals surface area contributed by atoms with Crippen molar-refractivity contribution >= 4 is 23.5 Å². The Bertz CT molecular complexity index is 753. The van der Waals surface area contributed by atoms with Gasteiger partial charge in [-0.15, -0.1) is 0 Å². The molecule has 0 saturated heterocycles. The van der Waals surface area contributed by atoms with Gasteiger partial charge in [0.1, 0.15) is 6.33 Å². The standard InChI is InChI=1S/C13H11ClN6O2/c14-9-3-1-8(2-4-9)12-18-11(22-20-12)6-5-10(21)17-13-15-7-16-19-13/h1-4,7H,5-6H2,(H2,15,16,17,19,21). The number of benzene rings is 1. The van der Waals surface area contributed by atoms with Crippen LogP contribution in [-0.2, 0) is 11.2 Å². The summed E-state index contributed by atoms with van der Waals surface area (Å²) in [4.78, 5) is 19.7. The molecule has 0 unspecified atom stereocenters. The van der Waals surface area contributed by atoms with Crippen LogP contribution in [0.3, 0.4) is 0 Å². The van der Waals surface area contributed by atoms with E-state index >= 15 is 0 Å². The topological polar surface area (TPSA) is 110 Å². The number of amides is 1. The van der Waals surface area contributed by atoms with Gasteiger partial charge in [-0.1, -0.05) is 16.8 Å². The summed E-state index contributed by atoms with van der Waals surface area (Å²) in [5.74, 6) is 0.931. The van der Waals surface area contributed by atoms with Crippen molar-refractivity contribution < 1.29 is 9.32 Å². The number of nitrogens with one attached hydrogen (secondary N) is 2. The molecule has 0 fully saturated rings. The van der Waals surface area contributed by atoms with E-state index in [0.717, 1.165) is 5.56 Å². The number of aromatic nitrogens is 5. The van der Waals surface area contributed by atoms with Crippen molar-refractivity contribution in [2.24, 2.45) is 0 Å². The van der Waals surface area contributed by atoms with Gasteiger partial charge in [0, 0.05) is 23.4 Å². The number of H-pyrrole nitrogens is 1. The molecule has 112 valence electrons. The number of aryl methyl sites for hydroxylation is 1. The van der Waals surface area contributed by atoms with Crippen molar-refractivity contribution in [3.8, 4) is 11.4 Å². The highest BCUT2D eigenvalue weighted by atomic mass is 35.5. The number of carbonyl (C=O) groups excluding carboxylic acids is 1. The lowest BCUT2D eigenvalue weighted by Gasteiger charge is -1.98. The van der Waals surface area contributed by atoms with Gasteiger partial charge in [-0.3, -0.25) is 10.1 Å². The average Bonchev–Trinajstić information content (AvgIpc) is 3.17. The summed E-state index contributed by atoms with van der Waals surface area (Å²) in [5, 5.41) is 13.3. The largest absolute Gasteiger partial charge is 0.339 e. The predicted molar refractivity (Wildman–Crippen MR) is 78.1 cm³/mol. The number of hydrogen-bond acceptors (Lipinski definition) is 6. The number of nitrogens with zero attached hydrogens (tertiary/aromatic N) is 4. The molecule has 1 aromatic carbocycles. The minimum absolute atomic E-state index is 0.197. The van der Waals surface area contributed by atoms with Crippen LogP contribution in [0, 0.1) is 0 Å². The Hall–Kier alpha value is -2.74. The Balaban J connectivity index is 1.57. The maximum atomic E-state index is 11.7. The third kappa shape index (κ3) is 3.47. The van der Waals surface area contributed by atoms with Crippen molar-refractivity contribution in [2.75, 3.05) is 5.32 Å². The summed E-state index contributed by atoms with van der Waals surface area (Å²) >= 11 is 5.83. The van der Waals surface area contributed by atoms with Crippen LogP contribution in [-0.4, -0.2) is 31.2 Å². The molecule has 0 radical (unpaired) electrons. The van der Waals surface area contributed by atoms with Gasteiger partial charge in [-0.25, -0.2) is 5.10 Å². The first-order chi connectivity index (χ1) is 10.7. The Morgan fingerprint density at radius 1 is 1.32 bits per heavy atom. The molecule has 2 aromatic heterocycles. The molecule has 1 amide bonds. The van der Waals surface area contributed by atoms with Gasteiger partial charge in [0.2, 0.25) is 23.6 Å². The Morgan fingerprint density at radius 3 is 2.86 bits per heavy atom. The van der Waals surface area contributed by atoms with E-state index in [9.17, 15) is 4.79 Å². The van der Waals surface area contributed by atoms with E-state index in [4.69, 9.17) is 16.1 Å². The maximum Gasteiger partial charge on any atom is 0.227 e. The zero-order valence-corrected chi connectivity index (χ0v) is 12.0. The van der Waals surface area contributed by atoms with E-state index < -0.39 is 0 Å². The highest BCUT2D eigenvalue weighted by Crippen LogP contribution is 2.19. The molecule has 0 bridgehead atoms.